The Morgan fingerprint density at radius 2 is 1.43 bits per heavy atom. The molecular weight excluding hydrogens is 280 g/mol. The number of hydrogen-bond acceptors (Lipinski definition) is 1. The molecule has 23 heavy (non-hydrogen) atoms. The molecule has 0 bridgehead atoms. The van der Waals surface area contributed by atoms with Crippen LogP contribution in [0.5, 0.6) is 5.75 Å². The summed E-state index contributed by atoms with van der Waals surface area (Å²) in [5.74, 6) is 1.04. The second-order valence-electron chi connectivity index (χ2n) is 8.38. The Morgan fingerprint density at radius 1 is 0.826 bits per heavy atom. The van der Waals surface area contributed by atoms with Crippen LogP contribution < -0.4 is 4.74 Å². The molecule has 0 aliphatic carbocycles. The van der Waals surface area contributed by atoms with Gasteiger partial charge in [0.2, 0.25) is 0 Å². The van der Waals surface area contributed by atoms with Crippen LogP contribution in [0.15, 0.2) is 42.5 Å². The molecule has 0 saturated carbocycles. The van der Waals surface area contributed by atoms with Crippen molar-refractivity contribution in [1.82, 2.24) is 0 Å². The molecule has 1 heteroatoms. The molecule has 0 aliphatic rings. The topological polar surface area (TPSA) is 9.23 Å². The van der Waals surface area contributed by atoms with E-state index in [1.54, 1.807) is 7.11 Å². The van der Waals surface area contributed by atoms with Crippen molar-refractivity contribution in [3.8, 4) is 5.75 Å². The lowest BCUT2D eigenvalue weighted by Gasteiger charge is -2.29. The number of ether oxygens (including phenoxy) is 1. The fourth-order valence-corrected chi connectivity index (χ4v) is 2.87. The molecule has 0 aliphatic heterocycles. The molecule has 0 atom stereocenters. The van der Waals surface area contributed by atoms with Crippen LogP contribution in [0.2, 0.25) is 0 Å². The van der Waals surface area contributed by atoms with E-state index >= 15 is 0 Å². The highest BCUT2D eigenvalue weighted by molar-refractivity contribution is 5.51. The summed E-state index contributed by atoms with van der Waals surface area (Å²) >= 11 is 0. The maximum absolute atomic E-state index is 5.84. The standard InChI is InChI=1S/C22H30O/c1-21(2,3)18-14-17(13-16-11-9-8-10-12-16)20(23-7)19(15-18)22(4,5)6/h8-12,14-15H,13H2,1-7H3. The summed E-state index contributed by atoms with van der Waals surface area (Å²) in [5.41, 5.74) is 5.43. The lowest BCUT2D eigenvalue weighted by Crippen LogP contribution is -2.18. The van der Waals surface area contributed by atoms with Gasteiger partial charge >= 0.3 is 0 Å². The first kappa shape index (κ1) is 17.6. The van der Waals surface area contributed by atoms with Gasteiger partial charge in [0, 0.05) is 12.0 Å². The maximum atomic E-state index is 5.84. The summed E-state index contributed by atoms with van der Waals surface area (Å²) in [4.78, 5) is 0. The molecule has 0 radical (unpaired) electrons. The van der Waals surface area contributed by atoms with Gasteiger partial charge in [-0.1, -0.05) is 84.0 Å². The van der Waals surface area contributed by atoms with Crippen molar-refractivity contribution in [2.45, 2.75) is 58.8 Å². The van der Waals surface area contributed by atoms with Crippen molar-refractivity contribution in [2.24, 2.45) is 0 Å². The second-order valence-corrected chi connectivity index (χ2v) is 8.38. The van der Waals surface area contributed by atoms with E-state index in [2.05, 4.69) is 84.0 Å². The fourth-order valence-electron chi connectivity index (χ4n) is 2.87. The third-order valence-electron chi connectivity index (χ3n) is 4.28. The summed E-state index contributed by atoms with van der Waals surface area (Å²) in [7, 11) is 1.79. The molecule has 2 aromatic rings. The molecule has 124 valence electrons. The molecule has 0 unspecified atom stereocenters. The van der Waals surface area contributed by atoms with E-state index in [9.17, 15) is 0 Å². The zero-order valence-electron chi connectivity index (χ0n) is 15.7. The van der Waals surface area contributed by atoms with Crippen LogP contribution in [0.1, 0.15) is 63.8 Å². The monoisotopic (exact) mass is 310 g/mol. The SMILES string of the molecule is COc1c(Cc2ccccc2)cc(C(C)(C)C)cc1C(C)(C)C. The van der Waals surface area contributed by atoms with Gasteiger partial charge in [-0.25, -0.2) is 0 Å². The summed E-state index contributed by atoms with van der Waals surface area (Å²) in [6.07, 6.45) is 0.900. The summed E-state index contributed by atoms with van der Waals surface area (Å²) in [6.45, 7) is 13.6. The molecule has 0 saturated heterocycles. The largest absolute Gasteiger partial charge is 0.496 e. The average Bonchev–Trinajstić information content (AvgIpc) is 2.45. The Morgan fingerprint density at radius 3 is 1.91 bits per heavy atom. The first-order valence-corrected chi connectivity index (χ1v) is 8.38. The van der Waals surface area contributed by atoms with E-state index in [0.29, 0.717) is 0 Å². The van der Waals surface area contributed by atoms with Crippen LogP contribution in [0, 0.1) is 0 Å². The molecule has 0 heterocycles. The third-order valence-corrected chi connectivity index (χ3v) is 4.28. The normalized spacial score (nSPS) is 12.3. The number of methoxy groups -OCH3 is 1. The van der Waals surface area contributed by atoms with E-state index < -0.39 is 0 Å². The van der Waals surface area contributed by atoms with Gasteiger partial charge in [0.25, 0.3) is 0 Å². The van der Waals surface area contributed by atoms with Crippen molar-refractivity contribution in [1.29, 1.82) is 0 Å². The van der Waals surface area contributed by atoms with Gasteiger partial charge in [-0.2, -0.15) is 0 Å². The van der Waals surface area contributed by atoms with Gasteiger partial charge in [-0.05, 0) is 27.5 Å². The Balaban J connectivity index is 2.63. The first-order valence-electron chi connectivity index (χ1n) is 8.38. The number of benzene rings is 2. The second kappa shape index (κ2) is 6.39. The number of rotatable bonds is 3. The van der Waals surface area contributed by atoms with E-state index in [-0.39, 0.29) is 10.8 Å². The summed E-state index contributed by atoms with van der Waals surface area (Å²) in [5, 5.41) is 0. The van der Waals surface area contributed by atoms with E-state index in [0.717, 1.165) is 12.2 Å². The van der Waals surface area contributed by atoms with Crippen LogP contribution in [-0.4, -0.2) is 7.11 Å². The lowest BCUT2D eigenvalue weighted by molar-refractivity contribution is 0.392. The highest BCUT2D eigenvalue weighted by Gasteiger charge is 2.25. The predicted molar refractivity (Wildman–Crippen MR) is 99.6 cm³/mol. The summed E-state index contributed by atoms with van der Waals surface area (Å²) < 4.78 is 5.84. The Kier molecular flexibility index (Phi) is 4.89. The Bertz CT molecular complexity index is 655. The van der Waals surface area contributed by atoms with Crippen LogP contribution in [-0.2, 0) is 17.3 Å². The van der Waals surface area contributed by atoms with Crippen LogP contribution in [0.3, 0.4) is 0 Å². The lowest BCUT2D eigenvalue weighted by atomic mass is 9.78. The van der Waals surface area contributed by atoms with Gasteiger partial charge in [-0.3, -0.25) is 0 Å². The highest BCUT2D eigenvalue weighted by Crippen LogP contribution is 2.39. The summed E-state index contributed by atoms with van der Waals surface area (Å²) in [6, 6.07) is 15.3. The van der Waals surface area contributed by atoms with Gasteiger partial charge < -0.3 is 4.74 Å². The fraction of sp³-hybridized carbons (Fsp3) is 0.455. The van der Waals surface area contributed by atoms with Crippen molar-refractivity contribution < 1.29 is 4.74 Å². The molecular formula is C22H30O. The Labute approximate surface area is 141 Å². The molecule has 2 rings (SSSR count). The zero-order chi connectivity index (χ0) is 17.3. The molecule has 0 amide bonds. The van der Waals surface area contributed by atoms with Gasteiger partial charge in [-0.15, -0.1) is 0 Å². The molecule has 1 nitrogen and oxygen atoms in total. The van der Waals surface area contributed by atoms with Crippen molar-refractivity contribution >= 4 is 0 Å². The van der Waals surface area contributed by atoms with Crippen LogP contribution >= 0.6 is 0 Å². The van der Waals surface area contributed by atoms with E-state index in [4.69, 9.17) is 4.74 Å². The third kappa shape index (κ3) is 4.16. The van der Waals surface area contributed by atoms with Gasteiger partial charge in [0.15, 0.2) is 0 Å². The zero-order valence-corrected chi connectivity index (χ0v) is 15.7. The van der Waals surface area contributed by atoms with Gasteiger partial charge in [0.05, 0.1) is 7.11 Å². The minimum atomic E-state index is 0.0536. The predicted octanol–water partition coefficient (Wildman–Crippen LogP) is 5.88. The van der Waals surface area contributed by atoms with Crippen molar-refractivity contribution in [2.75, 3.05) is 7.11 Å². The van der Waals surface area contributed by atoms with Crippen LogP contribution in [0.25, 0.3) is 0 Å². The Hall–Kier alpha value is -1.76. The molecule has 0 aromatic heterocycles. The van der Waals surface area contributed by atoms with Gasteiger partial charge in [0.1, 0.15) is 5.75 Å². The van der Waals surface area contributed by atoms with Crippen LogP contribution in [0.4, 0.5) is 0 Å². The number of hydrogen-bond donors (Lipinski definition) is 0. The molecule has 0 N–H and O–H groups in total. The molecule has 2 aromatic carbocycles. The van der Waals surface area contributed by atoms with Crippen molar-refractivity contribution in [3.63, 3.8) is 0 Å². The smallest absolute Gasteiger partial charge is 0.126 e. The molecule has 0 fully saturated rings. The molecule has 0 spiro atoms. The average molecular weight is 310 g/mol. The van der Waals surface area contributed by atoms with E-state index in [1.807, 2.05) is 0 Å². The minimum Gasteiger partial charge on any atom is -0.496 e. The quantitative estimate of drug-likeness (QED) is 0.687. The maximum Gasteiger partial charge on any atom is 0.126 e. The van der Waals surface area contributed by atoms with E-state index in [1.165, 1.54) is 22.3 Å². The minimum absolute atomic E-state index is 0.0536. The highest BCUT2D eigenvalue weighted by atomic mass is 16.5. The first-order chi connectivity index (χ1) is 10.6. The van der Waals surface area contributed by atoms with Crippen molar-refractivity contribution in [3.05, 3.63) is 64.7 Å².